The van der Waals surface area contributed by atoms with Gasteiger partial charge in [0.05, 0.1) is 6.61 Å². The molecule has 0 bridgehead atoms. The highest BCUT2D eigenvalue weighted by molar-refractivity contribution is 7.14. The Morgan fingerprint density at radius 2 is 2.00 bits per heavy atom. The van der Waals surface area contributed by atoms with Gasteiger partial charge >= 0.3 is 6.09 Å². The molecular weight excluding hydrogens is 276 g/mol. The summed E-state index contributed by atoms with van der Waals surface area (Å²) in [6, 6.07) is 7.26. The fourth-order valence-corrected chi connectivity index (χ4v) is 2.22. The van der Waals surface area contributed by atoms with Crippen LogP contribution in [0.25, 0.3) is 0 Å². The Morgan fingerprint density at radius 1 is 1.30 bits per heavy atom. The van der Waals surface area contributed by atoms with Crippen LogP contribution in [0.1, 0.15) is 28.5 Å². The van der Waals surface area contributed by atoms with Gasteiger partial charge in [-0.2, -0.15) is 0 Å². The summed E-state index contributed by atoms with van der Waals surface area (Å²) < 4.78 is 4.75. The van der Waals surface area contributed by atoms with Gasteiger partial charge in [-0.25, -0.2) is 9.78 Å². The molecule has 0 saturated carbocycles. The molecule has 0 spiro atoms. The molecule has 1 aromatic carbocycles. The molecule has 6 heteroatoms. The fraction of sp³-hybridized carbons (Fsp3) is 0.214. The second-order valence-electron chi connectivity index (χ2n) is 4.08. The Labute approximate surface area is 120 Å². The molecule has 0 aliphatic rings. The van der Waals surface area contributed by atoms with Crippen molar-refractivity contribution in [2.75, 3.05) is 11.9 Å². The Bertz CT molecular complexity index is 620. The van der Waals surface area contributed by atoms with E-state index >= 15 is 0 Å². The first-order valence-electron chi connectivity index (χ1n) is 6.11. The molecule has 1 N–H and O–H groups in total. The first kappa shape index (κ1) is 14.2. The topological polar surface area (TPSA) is 68.3 Å². The molecule has 0 fully saturated rings. The number of thiazole rings is 1. The SMILES string of the molecule is CCOC(=O)Nc1nc(C(=O)c2ccc(C)cc2)cs1. The molecular formula is C14H14N2O3S. The summed E-state index contributed by atoms with van der Waals surface area (Å²) in [4.78, 5) is 27.5. The van der Waals surface area contributed by atoms with Crippen molar-refractivity contribution in [1.82, 2.24) is 4.98 Å². The third-order valence-corrected chi connectivity index (χ3v) is 3.29. The monoisotopic (exact) mass is 290 g/mol. The van der Waals surface area contributed by atoms with Crippen LogP contribution in [-0.4, -0.2) is 23.5 Å². The maximum atomic E-state index is 12.2. The number of aryl methyl sites for hydroxylation is 1. The molecule has 5 nitrogen and oxygen atoms in total. The van der Waals surface area contributed by atoms with Gasteiger partial charge in [-0.3, -0.25) is 10.1 Å². The molecule has 0 radical (unpaired) electrons. The van der Waals surface area contributed by atoms with Gasteiger partial charge in [0, 0.05) is 10.9 Å². The predicted molar refractivity (Wildman–Crippen MR) is 77.4 cm³/mol. The van der Waals surface area contributed by atoms with Crippen LogP contribution >= 0.6 is 11.3 Å². The van der Waals surface area contributed by atoms with Crippen LogP contribution in [0.5, 0.6) is 0 Å². The number of aromatic nitrogens is 1. The third kappa shape index (κ3) is 3.42. The average Bonchev–Trinajstić information content (AvgIpc) is 2.87. The number of hydrogen-bond acceptors (Lipinski definition) is 5. The van der Waals surface area contributed by atoms with Crippen LogP contribution in [-0.2, 0) is 4.74 Å². The summed E-state index contributed by atoms with van der Waals surface area (Å²) in [7, 11) is 0. The van der Waals surface area contributed by atoms with E-state index < -0.39 is 6.09 Å². The first-order chi connectivity index (χ1) is 9.60. The predicted octanol–water partition coefficient (Wildman–Crippen LogP) is 3.25. The highest BCUT2D eigenvalue weighted by Crippen LogP contribution is 2.18. The van der Waals surface area contributed by atoms with E-state index in [-0.39, 0.29) is 12.4 Å². The number of carbonyl (C=O) groups excluding carboxylic acids is 2. The quantitative estimate of drug-likeness (QED) is 0.878. The van der Waals surface area contributed by atoms with Crippen molar-refractivity contribution < 1.29 is 14.3 Å². The molecule has 2 aromatic rings. The van der Waals surface area contributed by atoms with Crippen LogP contribution in [0.15, 0.2) is 29.6 Å². The number of nitrogens with one attached hydrogen (secondary N) is 1. The van der Waals surface area contributed by atoms with Crippen LogP contribution in [0.2, 0.25) is 0 Å². The van der Waals surface area contributed by atoms with Crippen molar-refractivity contribution in [3.05, 3.63) is 46.5 Å². The smallest absolute Gasteiger partial charge is 0.413 e. The maximum absolute atomic E-state index is 12.2. The minimum absolute atomic E-state index is 0.168. The zero-order chi connectivity index (χ0) is 14.5. The van der Waals surface area contributed by atoms with E-state index in [0.29, 0.717) is 16.4 Å². The number of ketones is 1. The van der Waals surface area contributed by atoms with Crippen molar-refractivity contribution >= 4 is 28.3 Å². The minimum Gasteiger partial charge on any atom is -0.450 e. The maximum Gasteiger partial charge on any atom is 0.413 e. The highest BCUT2D eigenvalue weighted by atomic mass is 32.1. The van der Waals surface area contributed by atoms with E-state index in [0.717, 1.165) is 5.56 Å². The van der Waals surface area contributed by atoms with E-state index in [1.165, 1.54) is 11.3 Å². The highest BCUT2D eigenvalue weighted by Gasteiger charge is 2.14. The molecule has 1 aromatic heterocycles. The average molecular weight is 290 g/mol. The lowest BCUT2D eigenvalue weighted by Gasteiger charge is -2.00. The zero-order valence-electron chi connectivity index (χ0n) is 11.2. The summed E-state index contributed by atoms with van der Waals surface area (Å²) in [5, 5.41) is 4.43. The number of hydrogen-bond donors (Lipinski definition) is 1. The van der Waals surface area contributed by atoms with Crippen LogP contribution in [0.3, 0.4) is 0 Å². The fourth-order valence-electron chi connectivity index (χ4n) is 1.54. The normalized spacial score (nSPS) is 10.1. The van der Waals surface area contributed by atoms with Gasteiger partial charge in [0.15, 0.2) is 5.13 Å². The Morgan fingerprint density at radius 3 is 2.65 bits per heavy atom. The van der Waals surface area contributed by atoms with Crippen LogP contribution in [0.4, 0.5) is 9.93 Å². The van der Waals surface area contributed by atoms with Crippen molar-refractivity contribution in [1.29, 1.82) is 0 Å². The second-order valence-corrected chi connectivity index (χ2v) is 4.94. The largest absolute Gasteiger partial charge is 0.450 e. The van der Waals surface area contributed by atoms with Crippen molar-refractivity contribution in [2.24, 2.45) is 0 Å². The van der Waals surface area contributed by atoms with E-state index in [1.54, 1.807) is 24.4 Å². The number of carbonyl (C=O) groups is 2. The van der Waals surface area contributed by atoms with Crippen LogP contribution in [0, 0.1) is 6.92 Å². The number of amides is 1. The van der Waals surface area contributed by atoms with Gasteiger partial charge in [-0.15, -0.1) is 11.3 Å². The lowest BCUT2D eigenvalue weighted by atomic mass is 10.1. The molecule has 0 atom stereocenters. The van der Waals surface area contributed by atoms with E-state index in [1.807, 2.05) is 19.1 Å². The van der Waals surface area contributed by atoms with E-state index in [9.17, 15) is 9.59 Å². The second kappa shape index (κ2) is 6.29. The number of rotatable bonds is 4. The van der Waals surface area contributed by atoms with E-state index in [4.69, 9.17) is 4.74 Å². The molecule has 1 amide bonds. The first-order valence-corrected chi connectivity index (χ1v) is 6.98. The summed E-state index contributed by atoms with van der Waals surface area (Å²) in [6.45, 7) is 3.96. The Hall–Kier alpha value is -2.21. The lowest BCUT2D eigenvalue weighted by molar-refractivity contribution is 0.103. The summed E-state index contributed by atoms with van der Waals surface area (Å²) in [5.41, 5.74) is 1.97. The lowest BCUT2D eigenvalue weighted by Crippen LogP contribution is -2.13. The van der Waals surface area contributed by atoms with Gasteiger partial charge in [-0.05, 0) is 13.8 Å². The molecule has 0 aliphatic carbocycles. The molecule has 2 rings (SSSR count). The summed E-state index contributed by atoms with van der Waals surface area (Å²) in [5.74, 6) is -0.168. The molecule has 1 heterocycles. The molecule has 0 aliphatic heterocycles. The standard InChI is InChI=1S/C14H14N2O3S/c1-3-19-14(18)16-13-15-11(8-20-13)12(17)10-6-4-9(2)5-7-10/h4-8H,3H2,1-2H3,(H,15,16,18). The van der Waals surface area contributed by atoms with Gasteiger partial charge in [0.2, 0.25) is 5.78 Å². The molecule has 104 valence electrons. The van der Waals surface area contributed by atoms with Crippen molar-refractivity contribution in [3.8, 4) is 0 Å². The van der Waals surface area contributed by atoms with Crippen LogP contribution < -0.4 is 5.32 Å². The Balaban J connectivity index is 2.10. The van der Waals surface area contributed by atoms with Crippen molar-refractivity contribution in [3.63, 3.8) is 0 Å². The summed E-state index contributed by atoms with van der Waals surface area (Å²) in [6.07, 6.45) is -0.573. The van der Waals surface area contributed by atoms with Gasteiger partial charge in [0.1, 0.15) is 5.69 Å². The number of benzene rings is 1. The third-order valence-electron chi connectivity index (χ3n) is 2.54. The van der Waals surface area contributed by atoms with E-state index in [2.05, 4.69) is 10.3 Å². The van der Waals surface area contributed by atoms with Gasteiger partial charge < -0.3 is 4.74 Å². The van der Waals surface area contributed by atoms with Gasteiger partial charge in [0.25, 0.3) is 0 Å². The number of anilines is 1. The van der Waals surface area contributed by atoms with Crippen molar-refractivity contribution in [2.45, 2.75) is 13.8 Å². The minimum atomic E-state index is -0.573. The molecule has 0 saturated heterocycles. The zero-order valence-corrected chi connectivity index (χ0v) is 12.0. The Kier molecular flexibility index (Phi) is 4.47. The molecule has 0 unspecified atom stereocenters. The summed E-state index contributed by atoms with van der Waals surface area (Å²) >= 11 is 1.19. The number of nitrogens with zero attached hydrogens (tertiary/aromatic N) is 1. The number of ether oxygens (including phenoxy) is 1. The molecule has 20 heavy (non-hydrogen) atoms. The van der Waals surface area contributed by atoms with Gasteiger partial charge in [-0.1, -0.05) is 29.8 Å².